The van der Waals surface area contributed by atoms with Crippen molar-refractivity contribution < 1.29 is 14.3 Å². The maximum Gasteiger partial charge on any atom is 0.340 e. The van der Waals surface area contributed by atoms with Crippen LogP contribution in [0.3, 0.4) is 0 Å². The highest BCUT2D eigenvalue weighted by atomic mass is 16.4. The molecule has 0 fully saturated rings. The standard InChI is InChI=1S/C15H14N4O3/c1-2-7-3-5-8(6-4-7)11-9(14(20)21)10-12(16)18-15(17)19-13(10)22-11/h3-6H,2H2,1H3,(H,20,21)(H4,16,17,18,19). The number of aryl methyl sites for hydroxylation is 1. The van der Waals surface area contributed by atoms with Gasteiger partial charge in [0.2, 0.25) is 11.7 Å². The molecule has 2 heterocycles. The zero-order valence-electron chi connectivity index (χ0n) is 11.8. The minimum atomic E-state index is -1.16. The highest BCUT2D eigenvalue weighted by Gasteiger charge is 2.25. The van der Waals surface area contributed by atoms with E-state index in [2.05, 4.69) is 9.97 Å². The third-order valence-corrected chi connectivity index (χ3v) is 3.44. The lowest BCUT2D eigenvalue weighted by molar-refractivity contribution is 0.0699. The zero-order chi connectivity index (χ0) is 15.9. The Morgan fingerprint density at radius 3 is 2.50 bits per heavy atom. The van der Waals surface area contributed by atoms with Crippen LogP contribution >= 0.6 is 0 Å². The smallest absolute Gasteiger partial charge is 0.340 e. The van der Waals surface area contributed by atoms with Crippen molar-refractivity contribution in [2.45, 2.75) is 13.3 Å². The topological polar surface area (TPSA) is 128 Å². The number of hydrogen-bond donors (Lipinski definition) is 3. The lowest BCUT2D eigenvalue weighted by Gasteiger charge is -2.01. The number of carbonyl (C=O) groups is 1. The highest BCUT2D eigenvalue weighted by Crippen LogP contribution is 2.35. The second kappa shape index (κ2) is 5.03. The molecule has 3 aromatic rings. The first-order chi connectivity index (χ1) is 10.5. The molecule has 0 unspecified atom stereocenters. The number of benzene rings is 1. The molecular weight excluding hydrogens is 284 g/mol. The molecule has 112 valence electrons. The summed E-state index contributed by atoms with van der Waals surface area (Å²) in [4.78, 5) is 19.3. The quantitative estimate of drug-likeness (QED) is 0.676. The zero-order valence-corrected chi connectivity index (χ0v) is 11.8. The summed E-state index contributed by atoms with van der Waals surface area (Å²) in [5.41, 5.74) is 13.1. The largest absolute Gasteiger partial charge is 0.478 e. The lowest BCUT2D eigenvalue weighted by Crippen LogP contribution is -2.03. The van der Waals surface area contributed by atoms with Gasteiger partial charge in [-0.05, 0) is 12.0 Å². The van der Waals surface area contributed by atoms with Crippen LogP contribution in [-0.2, 0) is 6.42 Å². The first kappa shape index (κ1) is 13.9. The van der Waals surface area contributed by atoms with Crippen LogP contribution in [0.2, 0.25) is 0 Å². The highest BCUT2D eigenvalue weighted by molar-refractivity contribution is 6.10. The summed E-state index contributed by atoms with van der Waals surface area (Å²) in [5.74, 6) is -1.05. The molecule has 7 nitrogen and oxygen atoms in total. The summed E-state index contributed by atoms with van der Waals surface area (Å²) in [6, 6.07) is 7.43. The van der Waals surface area contributed by atoms with Crippen molar-refractivity contribution in [1.29, 1.82) is 0 Å². The molecular formula is C15H14N4O3. The molecule has 0 aliphatic rings. The lowest BCUT2D eigenvalue weighted by atomic mass is 10.0. The van der Waals surface area contributed by atoms with Crippen molar-refractivity contribution in [3.05, 3.63) is 35.4 Å². The van der Waals surface area contributed by atoms with Gasteiger partial charge in [0, 0.05) is 5.56 Å². The number of aromatic carboxylic acids is 1. The molecule has 0 amide bonds. The molecule has 0 saturated heterocycles. The molecule has 1 aromatic carbocycles. The van der Waals surface area contributed by atoms with Crippen LogP contribution in [0.5, 0.6) is 0 Å². The fraction of sp³-hybridized carbons (Fsp3) is 0.133. The molecule has 0 aliphatic carbocycles. The van der Waals surface area contributed by atoms with Gasteiger partial charge in [0.05, 0.1) is 5.39 Å². The van der Waals surface area contributed by atoms with E-state index < -0.39 is 5.97 Å². The van der Waals surface area contributed by atoms with E-state index in [0.29, 0.717) is 5.56 Å². The number of aromatic nitrogens is 2. The summed E-state index contributed by atoms with van der Waals surface area (Å²) in [5, 5.41) is 9.67. The number of furan rings is 1. The van der Waals surface area contributed by atoms with Gasteiger partial charge in [-0.3, -0.25) is 0 Å². The van der Waals surface area contributed by atoms with Crippen molar-refractivity contribution in [3.8, 4) is 11.3 Å². The molecule has 3 rings (SSSR count). The Morgan fingerprint density at radius 2 is 1.91 bits per heavy atom. The number of fused-ring (bicyclic) bond motifs is 1. The first-order valence-electron chi connectivity index (χ1n) is 6.69. The minimum Gasteiger partial charge on any atom is -0.478 e. The van der Waals surface area contributed by atoms with E-state index in [1.807, 2.05) is 19.1 Å². The van der Waals surface area contributed by atoms with Crippen LogP contribution in [-0.4, -0.2) is 21.0 Å². The molecule has 0 aliphatic heterocycles. The SMILES string of the molecule is CCc1ccc(-c2oc3nc(N)nc(N)c3c2C(=O)O)cc1. The second-order valence-corrected chi connectivity index (χ2v) is 4.81. The average molecular weight is 298 g/mol. The minimum absolute atomic E-state index is 0.0138. The van der Waals surface area contributed by atoms with Crippen molar-refractivity contribution in [2.24, 2.45) is 0 Å². The Labute approximate surface area is 125 Å². The predicted octanol–water partition coefficient (Wildman–Crippen LogP) is 2.31. The van der Waals surface area contributed by atoms with E-state index in [0.717, 1.165) is 12.0 Å². The summed E-state index contributed by atoms with van der Waals surface area (Å²) < 4.78 is 5.59. The Bertz CT molecular complexity index is 869. The molecule has 7 heteroatoms. The van der Waals surface area contributed by atoms with Gasteiger partial charge in [0.15, 0.2) is 5.76 Å². The van der Waals surface area contributed by atoms with E-state index in [4.69, 9.17) is 15.9 Å². The molecule has 0 atom stereocenters. The van der Waals surface area contributed by atoms with E-state index in [1.54, 1.807) is 12.1 Å². The number of carboxylic acids is 1. The number of carboxylic acid groups (broad SMARTS) is 1. The van der Waals surface area contributed by atoms with Crippen LogP contribution in [0.1, 0.15) is 22.8 Å². The number of nitrogens with two attached hydrogens (primary N) is 2. The Hall–Kier alpha value is -3.09. The number of anilines is 2. The Balaban J connectivity index is 2.30. The van der Waals surface area contributed by atoms with Crippen molar-refractivity contribution in [1.82, 2.24) is 9.97 Å². The van der Waals surface area contributed by atoms with E-state index in [9.17, 15) is 9.90 Å². The number of nitrogens with zero attached hydrogens (tertiary/aromatic N) is 2. The average Bonchev–Trinajstić information content (AvgIpc) is 2.87. The summed E-state index contributed by atoms with van der Waals surface area (Å²) in [6.45, 7) is 2.04. The second-order valence-electron chi connectivity index (χ2n) is 4.81. The van der Waals surface area contributed by atoms with Crippen LogP contribution in [0.15, 0.2) is 28.7 Å². The van der Waals surface area contributed by atoms with Gasteiger partial charge in [0.25, 0.3) is 0 Å². The first-order valence-corrected chi connectivity index (χ1v) is 6.69. The van der Waals surface area contributed by atoms with Crippen LogP contribution in [0.4, 0.5) is 11.8 Å². The van der Waals surface area contributed by atoms with Crippen molar-refractivity contribution >= 4 is 28.8 Å². The number of hydrogen-bond acceptors (Lipinski definition) is 6. The third kappa shape index (κ3) is 2.12. The van der Waals surface area contributed by atoms with Crippen LogP contribution in [0, 0.1) is 0 Å². The molecule has 2 aromatic heterocycles. The normalized spacial score (nSPS) is 11.0. The van der Waals surface area contributed by atoms with Crippen molar-refractivity contribution in [3.63, 3.8) is 0 Å². The third-order valence-electron chi connectivity index (χ3n) is 3.44. The van der Waals surface area contributed by atoms with Gasteiger partial charge in [-0.1, -0.05) is 31.2 Å². The predicted molar refractivity (Wildman–Crippen MR) is 82.4 cm³/mol. The maximum absolute atomic E-state index is 11.6. The van der Waals surface area contributed by atoms with Gasteiger partial charge >= 0.3 is 5.97 Å². The monoisotopic (exact) mass is 298 g/mol. The van der Waals surface area contributed by atoms with E-state index in [1.165, 1.54) is 0 Å². The van der Waals surface area contributed by atoms with Gasteiger partial charge < -0.3 is 21.0 Å². The van der Waals surface area contributed by atoms with Gasteiger partial charge in [0.1, 0.15) is 11.4 Å². The molecule has 0 spiro atoms. The van der Waals surface area contributed by atoms with Gasteiger partial charge in [-0.25, -0.2) is 4.79 Å². The number of nitrogen functional groups attached to an aromatic ring is 2. The van der Waals surface area contributed by atoms with Gasteiger partial charge in [-0.2, -0.15) is 9.97 Å². The fourth-order valence-corrected chi connectivity index (χ4v) is 2.34. The van der Waals surface area contributed by atoms with Gasteiger partial charge in [-0.15, -0.1) is 0 Å². The molecule has 5 N–H and O–H groups in total. The molecule has 0 bridgehead atoms. The molecule has 22 heavy (non-hydrogen) atoms. The summed E-state index contributed by atoms with van der Waals surface area (Å²) in [7, 11) is 0. The van der Waals surface area contributed by atoms with Crippen molar-refractivity contribution in [2.75, 3.05) is 11.5 Å². The Kier molecular flexibility index (Phi) is 3.17. The molecule has 0 radical (unpaired) electrons. The van der Waals surface area contributed by atoms with Crippen LogP contribution in [0.25, 0.3) is 22.4 Å². The van der Waals surface area contributed by atoms with E-state index >= 15 is 0 Å². The number of rotatable bonds is 3. The Morgan fingerprint density at radius 1 is 1.23 bits per heavy atom. The summed E-state index contributed by atoms with van der Waals surface area (Å²) >= 11 is 0. The molecule has 0 saturated carbocycles. The fourth-order valence-electron chi connectivity index (χ4n) is 2.34. The van der Waals surface area contributed by atoms with Crippen LogP contribution < -0.4 is 11.5 Å². The van der Waals surface area contributed by atoms with E-state index in [-0.39, 0.29) is 34.2 Å². The maximum atomic E-state index is 11.6. The summed E-state index contributed by atoms with van der Waals surface area (Å²) in [6.07, 6.45) is 0.890.